The summed E-state index contributed by atoms with van der Waals surface area (Å²) < 4.78 is 10.2. The van der Waals surface area contributed by atoms with Gasteiger partial charge >= 0.3 is 0 Å². The van der Waals surface area contributed by atoms with E-state index in [2.05, 4.69) is 15.5 Å². The standard InChI is InChI=1S/C19H19N3O3/c1-24-16-7-3-13(4-8-16)11-15-12-18(22-21-15)19(23)20-14-5-9-17(25-2)10-6-14/h3-10,12H,11H2,1-2H3,(H,20,23)(H,21,22). The Hall–Kier alpha value is -3.28. The molecule has 0 radical (unpaired) electrons. The highest BCUT2D eigenvalue weighted by Crippen LogP contribution is 2.17. The topological polar surface area (TPSA) is 76.2 Å². The average molecular weight is 337 g/mol. The zero-order valence-electron chi connectivity index (χ0n) is 14.1. The maximum Gasteiger partial charge on any atom is 0.276 e. The van der Waals surface area contributed by atoms with E-state index in [4.69, 9.17) is 9.47 Å². The average Bonchev–Trinajstić information content (AvgIpc) is 3.12. The van der Waals surface area contributed by atoms with Crippen molar-refractivity contribution in [1.29, 1.82) is 0 Å². The van der Waals surface area contributed by atoms with Crippen LogP contribution < -0.4 is 14.8 Å². The second kappa shape index (κ2) is 7.53. The second-order valence-corrected chi connectivity index (χ2v) is 5.49. The predicted molar refractivity (Wildman–Crippen MR) is 95.3 cm³/mol. The zero-order valence-corrected chi connectivity index (χ0v) is 14.1. The summed E-state index contributed by atoms with van der Waals surface area (Å²) in [6, 6.07) is 16.7. The van der Waals surface area contributed by atoms with Crippen LogP contribution >= 0.6 is 0 Å². The van der Waals surface area contributed by atoms with Crippen LogP contribution in [0.15, 0.2) is 54.6 Å². The van der Waals surface area contributed by atoms with Crippen LogP contribution in [0.1, 0.15) is 21.7 Å². The minimum atomic E-state index is -0.262. The van der Waals surface area contributed by atoms with Crippen molar-refractivity contribution in [2.24, 2.45) is 0 Å². The number of carbonyl (C=O) groups excluding carboxylic acids is 1. The molecule has 6 heteroatoms. The molecule has 0 aliphatic rings. The van der Waals surface area contributed by atoms with Crippen molar-refractivity contribution in [1.82, 2.24) is 10.2 Å². The van der Waals surface area contributed by atoms with Crippen LogP contribution in [0.4, 0.5) is 5.69 Å². The van der Waals surface area contributed by atoms with Crippen LogP contribution in [0.2, 0.25) is 0 Å². The number of hydrogen-bond acceptors (Lipinski definition) is 4. The van der Waals surface area contributed by atoms with Gasteiger partial charge < -0.3 is 14.8 Å². The summed E-state index contributed by atoms with van der Waals surface area (Å²) in [6.45, 7) is 0. The Labute approximate surface area is 145 Å². The molecule has 0 unspecified atom stereocenters. The lowest BCUT2D eigenvalue weighted by atomic mass is 10.1. The highest BCUT2D eigenvalue weighted by atomic mass is 16.5. The van der Waals surface area contributed by atoms with Gasteiger partial charge in [-0.2, -0.15) is 5.10 Å². The normalized spacial score (nSPS) is 10.3. The quantitative estimate of drug-likeness (QED) is 0.724. The van der Waals surface area contributed by atoms with E-state index in [0.717, 1.165) is 22.8 Å². The van der Waals surface area contributed by atoms with Gasteiger partial charge in [0.25, 0.3) is 5.91 Å². The summed E-state index contributed by atoms with van der Waals surface area (Å²) in [6.07, 6.45) is 0.660. The van der Waals surface area contributed by atoms with E-state index in [-0.39, 0.29) is 5.91 Å². The molecule has 0 fully saturated rings. The third-order valence-corrected chi connectivity index (χ3v) is 3.77. The molecular formula is C19H19N3O3. The van der Waals surface area contributed by atoms with Crippen molar-refractivity contribution < 1.29 is 14.3 Å². The summed E-state index contributed by atoms with van der Waals surface area (Å²) in [7, 11) is 3.24. The smallest absolute Gasteiger partial charge is 0.276 e. The highest BCUT2D eigenvalue weighted by Gasteiger charge is 2.11. The van der Waals surface area contributed by atoms with Crippen LogP contribution in [0.3, 0.4) is 0 Å². The van der Waals surface area contributed by atoms with E-state index < -0.39 is 0 Å². The molecule has 1 heterocycles. The van der Waals surface area contributed by atoms with Gasteiger partial charge in [0.1, 0.15) is 11.5 Å². The van der Waals surface area contributed by atoms with Gasteiger partial charge in [-0.05, 0) is 48.0 Å². The van der Waals surface area contributed by atoms with Gasteiger partial charge in [0.05, 0.1) is 14.2 Å². The van der Waals surface area contributed by atoms with Crippen LogP contribution in [0.5, 0.6) is 11.5 Å². The number of benzene rings is 2. The minimum Gasteiger partial charge on any atom is -0.497 e. The lowest BCUT2D eigenvalue weighted by Crippen LogP contribution is -2.12. The van der Waals surface area contributed by atoms with E-state index in [9.17, 15) is 4.79 Å². The van der Waals surface area contributed by atoms with E-state index in [1.165, 1.54) is 0 Å². The summed E-state index contributed by atoms with van der Waals surface area (Å²) >= 11 is 0. The van der Waals surface area contributed by atoms with Gasteiger partial charge in [-0.15, -0.1) is 0 Å². The molecule has 0 saturated carbocycles. The fraction of sp³-hybridized carbons (Fsp3) is 0.158. The van der Waals surface area contributed by atoms with Crippen molar-refractivity contribution in [3.05, 3.63) is 71.5 Å². The molecule has 6 nitrogen and oxygen atoms in total. The fourth-order valence-electron chi connectivity index (χ4n) is 2.40. The van der Waals surface area contributed by atoms with Crippen LogP contribution in [0, 0.1) is 0 Å². The van der Waals surface area contributed by atoms with Crippen LogP contribution in [-0.2, 0) is 6.42 Å². The summed E-state index contributed by atoms with van der Waals surface area (Å²) in [5.41, 5.74) is 3.00. The number of anilines is 1. The number of aromatic nitrogens is 2. The lowest BCUT2D eigenvalue weighted by Gasteiger charge is -2.04. The van der Waals surface area contributed by atoms with Gasteiger partial charge in [-0.25, -0.2) is 0 Å². The third-order valence-electron chi connectivity index (χ3n) is 3.77. The molecule has 0 spiro atoms. The first-order valence-corrected chi connectivity index (χ1v) is 7.80. The molecule has 1 amide bonds. The Balaban J connectivity index is 1.64. The number of ether oxygens (including phenoxy) is 2. The van der Waals surface area contributed by atoms with Gasteiger partial charge in [0.2, 0.25) is 0 Å². The number of H-pyrrole nitrogens is 1. The fourth-order valence-corrected chi connectivity index (χ4v) is 2.40. The lowest BCUT2D eigenvalue weighted by molar-refractivity contribution is 0.102. The molecule has 1 aromatic heterocycles. The first-order chi connectivity index (χ1) is 12.2. The Bertz CT molecular complexity index is 839. The van der Waals surface area contributed by atoms with E-state index in [1.807, 2.05) is 24.3 Å². The molecule has 2 N–H and O–H groups in total. The van der Waals surface area contributed by atoms with Gasteiger partial charge in [0.15, 0.2) is 5.69 Å². The molecule has 0 atom stereocenters. The SMILES string of the molecule is COc1ccc(Cc2cc(C(=O)Nc3ccc(OC)cc3)n[nH]2)cc1. The molecular weight excluding hydrogens is 318 g/mol. The number of nitrogens with one attached hydrogen (secondary N) is 2. The highest BCUT2D eigenvalue weighted by molar-refractivity contribution is 6.02. The van der Waals surface area contributed by atoms with Gasteiger partial charge in [-0.1, -0.05) is 12.1 Å². The maximum absolute atomic E-state index is 12.3. The Morgan fingerprint density at radius 3 is 2.20 bits per heavy atom. The first kappa shape index (κ1) is 16.6. The molecule has 0 aliphatic carbocycles. The molecule has 25 heavy (non-hydrogen) atoms. The predicted octanol–water partition coefficient (Wildman–Crippen LogP) is 3.27. The van der Waals surface area contributed by atoms with Gasteiger partial charge in [-0.3, -0.25) is 9.89 Å². The van der Waals surface area contributed by atoms with E-state index in [1.54, 1.807) is 44.6 Å². The maximum atomic E-state index is 12.3. The minimum absolute atomic E-state index is 0.262. The summed E-state index contributed by atoms with van der Waals surface area (Å²) in [4.78, 5) is 12.3. The summed E-state index contributed by atoms with van der Waals surface area (Å²) in [5, 5.41) is 9.80. The number of rotatable bonds is 6. The largest absolute Gasteiger partial charge is 0.497 e. The molecule has 3 aromatic rings. The molecule has 0 bridgehead atoms. The molecule has 3 rings (SSSR count). The van der Waals surface area contributed by atoms with Crippen molar-refractivity contribution in [2.75, 3.05) is 19.5 Å². The Morgan fingerprint density at radius 2 is 1.60 bits per heavy atom. The van der Waals surface area contributed by atoms with Crippen LogP contribution in [0.25, 0.3) is 0 Å². The third kappa shape index (κ3) is 4.17. The van der Waals surface area contributed by atoms with Crippen molar-refractivity contribution in [3.63, 3.8) is 0 Å². The zero-order chi connectivity index (χ0) is 17.6. The van der Waals surface area contributed by atoms with Gasteiger partial charge in [0, 0.05) is 17.8 Å². The number of hydrogen-bond donors (Lipinski definition) is 2. The van der Waals surface area contributed by atoms with Crippen molar-refractivity contribution >= 4 is 11.6 Å². The number of carbonyl (C=O) groups is 1. The number of methoxy groups -OCH3 is 2. The Kier molecular flexibility index (Phi) is 4.99. The van der Waals surface area contributed by atoms with Crippen LogP contribution in [-0.4, -0.2) is 30.3 Å². The van der Waals surface area contributed by atoms with Crippen molar-refractivity contribution in [2.45, 2.75) is 6.42 Å². The molecule has 0 aliphatic heterocycles. The number of aromatic amines is 1. The number of nitrogens with zero attached hydrogens (tertiary/aromatic N) is 1. The van der Waals surface area contributed by atoms with E-state index >= 15 is 0 Å². The first-order valence-electron chi connectivity index (χ1n) is 7.80. The number of amides is 1. The Morgan fingerprint density at radius 1 is 1.00 bits per heavy atom. The summed E-state index contributed by atoms with van der Waals surface area (Å²) in [5.74, 6) is 1.29. The second-order valence-electron chi connectivity index (χ2n) is 5.49. The van der Waals surface area contributed by atoms with Crippen molar-refractivity contribution in [3.8, 4) is 11.5 Å². The molecule has 2 aromatic carbocycles. The molecule has 0 saturated heterocycles. The van der Waals surface area contributed by atoms with E-state index in [0.29, 0.717) is 17.8 Å². The molecule has 128 valence electrons. The monoisotopic (exact) mass is 337 g/mol.